The van der Waals surface area contributed by atoms with Crippen molar-refractivity contribution in [3.05, 3.63) is 23.7 Å². The summed E-state index contributed by atoms with van der Waals surface area (Å²) in [6.45, 7) is 1.54. The lowest BCUT2D eigenvalue weighted by Crippen LogP contribution is -2.26. The molecule has 1 fully saturated rings. The number of allylic oxidation sites excluding steroid dienone is 2. The second-order valence-corrected chi connectivity index (χ2v) is 5.99. The smallest absolute Gasteiger partial charge is 0.145 e. The van der Waals surface area contributed by atoms with Gasteiger partial charge in [-0.1, -0.05) is 6.08 Å². The van der Waals surface area contributed by atoms with E-state index < -0.39 is 0 Å². The second-order valence-electron chi connectivity index (χ2n) is 5.99. The fraction of sp³-hybridized carbons (Fsp3) is 0.500. The van der Waals surface area contributed by atoms with Crippen LogP contribution in [0.1, 0.15) is 42.9 Å². The first kappa shape index (κ1) is 12.8. The van der Waals surface area contributed by atoms with Gasteiger partial charge in [0.15, 0.2) is 0 Å². The van der Waals surface area contributed by atoms with Gasteiger partial charge in [0.25, 0.3) is 0 Å². The fourth-order valence-electron chi connectivity index (χ4n) is 3.55. The fourth-order valence-corrected chi connectivity index (χ4v) is 3.55. The molecule has 2 aromatic rings. The van der Waals surface area contributed by atoms with E-state index in [1.165, 1.54) is 36.1 Å². The number of hydrogen-bond acceptors (Lipinski definition) is 4. The number of aryl methyl sites for hydroxylation is 1. The minimum atomic E-state index is 0.417. The average molecular weight is 284 g/mol. The van der Waals surface area contributed by atoms with Crippen molar-refractivity contribution < 1.29 is 4.74 Å². The van der Waals surface area contributed by atoms with Gasteiger partial charge in [-0.3, -0.25) is 0 Å². The molecule has 0 amide bonds. The summed E-state index contributed by atoms with van der Waals surface area (Å²) in [4.78, 5) is 8.66. The van der Waals surface area contributed by atoms with Gasteiger partial charge < -0.3 is 15.0 Å². The van der Waals surface area contributed by atoms with E-state index in [0.717, 1.165) is 30.7 Å². The lowest BCUT2D eigenvalue weighted by atomic mass is 9.88. The maximum atomic E-state index is 6.16. The molecular formula is C16H20N4O. The van der Waals surface area contributed by atoms with Crippen LogP contribution in [0, 0.1) is 0 Å². The van der Waals surface area contributed by atoms with E-state index in [-0.39, 0.29) is 0 Å². The Morgan fingerprint density at radius 1 is 1.29 bits per heavy atom. The Bertz CT molecular complexity index is 727. The predicted molar refractivity (Wildman–Crippen MR) is 82.9 cm³/mol. The van der Waals surface area contributed by atoms with Crippen molar-refractivity contribution in [3.8, 4) is 0 Å². The van der Waals surface area contributed by atoms with E-state index in [1.54, 1.807) is 6.33 Å². The summed E-state index contributed by atoms with van der Waals surface area (Å²) in [6.07, 6.45) is 8.78. The molecule has 0 aromatic carbocycles. The van der Waals surface area contributed by atoms with Crippen molar-refractivity contribution in [3.63, 3.8) is 0 Å². The van der Waals surface area contributed by atoms with Crippen LogP contribution in [0.2, 0.25) is 0 Å². The number of rotatable bonds is 2. The zero-order valence-electron chi connectivity index (χ0n) is 12.3. The maximum Gasteiger partial charge on any atom is 0.145 e. The van der Waals surface area contributed by atoms with Crippen molar-refractivity contribution >= 4 is 22.4 Å². The maximum absolute atomic E-state index is 6.16. The topological polar surface area (TPSA) is 66.0 Å². The lowest BCUT2D eigenvalue weighted by Gasteiger charge is -2.28. The zero-order chi connectivity index (χ0) is 14.4. The van der Waals surface area contributed by atoms with Crippen LogP contribution in [0.3, 0.4) is 0 Å². The van der Waals surface area contributed by atoms with Gasteiger partial charge in [0.05, 0.1) is 18.6 Å². The third-order valence-corrected chi connectivity index (χ3v) is 4.68. The predicted octanol–water partition coefficient (Wildman–Crippen LogP) is 2.62. The molecule has 1 aliphatic carbocycles. The number of hydrogen-bond donors (Lipinski definition) is 1. The molecule has 5 nitrogen and oxygen atoms in total. The summed E-state index contributed by atoms with van der Waals surface area (Å²) in [7, 11) is 2.09. The van der Waals surface area contributed by atoms with E-state index >= 15 is 0 Å². The Labute approximate surface area is 123 Å². The Kier molecular flexibility index (Phi) is 2.96. The van der Waals surface area contributed by atoms with Crippen molar-refractivity contribution in [1.82, 2.24) is 14.5 Å². The van der Waals surface area contributed by atoms with E-state index in [9.17, 15) is 0 Å². The molecule has 1 aliphatic heterocycles. The molecule has 0 radical (unpaired) electrons. The molecule has 2 aromatic heterocycles. The minimum Gasteiger partial charge on any atom is -0.383 e. The highest BCUT2D eigenvalue weighted by molar-refractivity contribution is 5.95. The number of nitrogen functional groups attached to an aromatic ring is 1. The third-order valence-electron chi connectivity index (χ3n) is 4.68. The summed E-state index contributed by atoms with van der Waals surface area (Å²) in [5, 5.41) is 1.02. The first-order valence-electron chi connectivity index (χ1n) is 7.63. The van der Waals surface area contributed by atoms with Gasteiger partial charge in [-0.05, 0) is 36.8 Å². The third kappa shape index (κ3) is 1.87. The van der Waals surface area contributed by atoms with Gasteiger partial charge in [0, 0.05) is 18.7 Å². The molecule has 0 bridgehead atoms. The Morgan fingerprint density at radius 3 is 2.81 bits per heavy atom. The van der Waals surface area contributed by atoms with Crippen molar-refractivity contribution in [2.75, 3.05) is 18.9 Å². The van der Waals surface area contributed by atoms with Crippen LogP contribution in [-0.2, 0) is 11.8 Å². The van der Waals surface area contributed by atoms with Crippen LogP contribution < -0.4 is 5.73 Å². The number of nitrogens with two attached hydrogens (primary N) is 1. The molecule has 21 heavy (non-hydrogen) atoms. The van der Waals surface area contributed by atoms with E-state index in [0.29, 0.717) is 11.7 Å². The van der Waals surface area contributed by atoms with E-state index in [2.05, 4.69) is 27.7 Å². The molecule has 2 aliphatic rings. The van der Waals surface area contributed by atoms with Crippen molar-refractivity contribution in [2.24, 2.45) is 7.05 Å². The van der Waals surface area contributed by atoms with E-state index in [4.69, 9.17) is 10.5 Å². The summed E-state index contributed by atoms with van der Waals surface area (Å²) in [5.74, 6) is 1.000. The monoisotopic (exact) mass is 284 g/mol. The molecule has 0 unspecified atom stereocenters. The van der Waals surface area contributed by atoms with Crippen LogP contribution in [0.5, 0.6) is 0 Å². The number of aromatic nitrogens is 3. The second kappa shape index (κ2) is 4.84. The van der Waals surface area contributed by atoms with Gasteiger partial charge in [-0.2, -0.15) is 0 Å². The molecule has 4 rings (SSSR count). The summed E-state index contributed by atoms with van der Waals surface area (Å²) < 4.78 is 7.61. The number of ether oxygens (including phenoxy) is 1. The number of anilines is 1. The quantitative estimate of drug-likeness (QED) is 0.920. The van der Waals surface area contributed by atoms with Crippen molar-refractivity contribution in [2.45, 2.75) is 31.6 Å². The standard InChI is InChI=1S/C16H20N4O/c1-20-14(10-5-3-2-4-6-10)12(11-7-21-8-11)13-15(17)18-9-19-16(13)20/h5,9,11H,2-4,6-8H2,1H3,(H2,17,18,19). The summed E-state index contributed by atoms with van der Waals surface area (Å²) in [5.41, 5.74) is 11.1. The van der Waals surface area contributed by atoms with E-state index in [1.807, 2.05) is 0 Å². The van der Waals surface area contributed by atoms with Crippen LogP contribution >= 0.6 is 0 Å². The Morgan fingerprint density at radius 2 is 2.14 bits per heavy atom. The number of fused-ring (bicyclic) bond motifs is 1. The summed E-state index contributed by atoms with van der Waals surface area (Å²) >= 11 is 0. The molecule has 2 N–H and O–H groups in total. The van der Waals surface area contributed by atoms with Gasteiger partial charge in [0.1, 0.15) is 17.8 Å². The molecule has 3 heterocycles. The molecule has 0 spiro atoms. The summed E-state index contributed by atoms with van der Waals surface area (Å²) in [6, 6.07) is 0. The van der Waals surface area contributed by atoms with Crippen LogP contribution in [0.15, 0.2) is 12.4 Å². The highest BCUT2D eigenvalue weighted by Gasteiger charge is 2.31. The molecule has 110 valence electrons. The van der Waals surface area contributed by atoms with Gasteiger partial charge >= 0.3 is 0 Å². The Hall–Kier alpha value is -1.88. The highest BCUT2D eigenvalue weighted by atomic mass is 16.5. The first-order chi connectivity index (χ1) is 10.3. The average Bonchev–Trinajstić information content (AvgIpc) is 2.73. The normalized spacial score (nSPS) is 19.6. The lowest BCUT2D eigenvalue weighted by molar-refractivity contribution is 0.00884. The molecule has 0 saturated carbocycles. The first-order valence-corrected chi connectivity index (χ1v) is 7.63. The van der Waals surface area contributed by atoms with Gasteiger partial charge in [-0.25, -0.2) is 9.97 Å². The van der Waals surface area contributed by atoms with Crippen molar-refractivity contribution in [1.29, 1.82) is 0 Å². The van der Waals surface area contributed by atoms with Crippen LogP contribution in [0.25, 0.3) is 16.6 Å². The van der Waals surface area contributed by atoms with Crippen LogP contribution in [-0.4, -0.2) is 27.7 Å². The number of nitrogens with zero attached hydrogens (tertiary/aromatic N) is 3. The highest BCUT2D eigenvalue weighted by Crippen LogP contribution is 2.41. The Balaban J connectivity index is 2.01. The molecule has 5 heteroatoms. The SMILES string of the molecule is Cn1c(C2=CCCCC2)c(C2COC2)c2c(N)ncnc21. The van der Waals surface area contributed by atoms with Crippen LogP contribution in [0.4, 0.5) is 5.82 Å². The molecule has 0 atom stereocenters. The largest absolute Gasteiger partial charge is 0.383 e. The van der Waals surface area contributed by atoms with Gasteiger partial charge in [0.2, 0.25) is 0 Å². The zero-order valence-corrected chi connectivity index (χ0v) is 12.3. The molecular weight excluding hydrogens is 264 g/mol. The van der Waals surface area contributed by atoms with Gasteiger partial charge in [-0.15, -0.1) is 0 Å². The minimum absolute atomic E-state index is 0.417. The molecule has 1 saturated heterocycles.